The van der Waals surface area contributed by atoms with Crippen molar-refractivity contribution in [3.05, 3.63) is 29.6 Å². The SMILES string of the molecule is CC(NC(=O)c1cccc2c1OCCN2)c1nn[nH]n1. The van der Waals surface area contributed by atoms with E-state index >= 15 is 0 Å². The second-order valence-electron chi connectivity index (χ2n) is 4.42. The monoisotopic (exact) mass is 274 g/mol. The van der Waals surface area contributed by atoms with Crippen LogP contribution < -0.4 is 15.4 Å². The summed E-state index contributed by atoms with van der Waals surface area (Å²) in [7, 11) is 0. The molecule has 1 aliphatic rings. The summed E-state index contributed by atoms with van der Waals surface area (Å²) in [5, 5.41) is 19.5. The number of amides is 1. The second kappa shape index (κ2) is 5.16. The predicted octanol–water partition coefficient (Wildman–Crippen LogP) is 0.495. The van der Waals surface area contributed by atoms with Gasteiger partial charge in [-0.3, -0.25) is 4.79 Å². The molecule has 0 saturated heterocycles. The summed E-state index contributed by atoms with van der Waals surface area (Å²) >= 11 is 0. The highest BCUT2D eigenvalue weighted by Gasteiger charge is 2.21. The van der Waals surface area contributed by atoms with E-state index < -0.39 is 0 Å². The van der Waals surface area contributed by atoms with Crippen molar-refractivity contribution < 1.29 is 9.53 Å². The Kier molecular flexibility index (Phi) is 3.20. The Morgan fingerprint density at radius 1 is 1.50 bits per heavy atom. The quantitative estimate of drug-likeness (QED) is 0.752. The van der Waals surface area contributed by atoms with Gasteiger partial charge in [-0.2, -0.15) is 5.21 Å². The molecule has 0 bridgehead atoms. The van der Waals surface area contributed by atoms with Crippen LogP contribution in [-0.4, -0.2) is 39.7 Å². The molecule has 8 heteroatoms. The maximum absolute atomic E-state index is 12.3. The standard InChI is InChI=1S/C12H14N6O2/c1-7(11-15-17-18-16-11)14-12(19)8-3-2-4-9-10(8)20-6-5-13-9/h2-4,7,13H,5-6H2,1H3,(H,14,19)(H,15,16,17,18). The Bertz CT molecular complexity index is 612. The van der Waals surface area contributed by atoms with Crippen molar-refractivity contribution in [1.29, 1.82) is 0 Å². The molecule has 20 heavy (non-hydrogen) atoms. The number of para-hydroxylation sites is 1. The molecule has 1 unspecified atom stereocenters. The van der Waals surface area contributed by atoms with Gasteiger partial charge in [0.25, 0.3) is 5.91 Å². The largest absolute Gasteiger partial charge is 0.489 e. The van der Waals surface area contributed by atoms with Crippen molar-refractivity contribution in [1.82, 2.24) is 25.9 Å². The van der Waals surface area contributed by atoms with Gasteiger partial charge in [0.2, 0.25) is 0 Å². The number of fused-ring (bicyclic) bond motifs is 1. The first-order valence-corrected chi connectivity index (χ1v) is 6.29. The Labute approximate surface area is 114 Å². The molecule has 1 amide bonds. The molecule has 1 aromatic heterocycles. The van der Waals surface area contributed by atoms with Crippen molar-refractivity contribution in [3.8, 4) is 5.75 Å². The molecule has 8 nitrogen and oxygen atoms in total. The van der Waals surface area contributed by atoms with Crippen LogP contribution in [0, 0.1) is 0 Å². The molecule has 0 saturated carbocycles. The van der Waals surface area contributed by atoms with Crippen molar-refractivity contribution in [2.24, 2.45) is 0 Å². The highest BCUT2D eigenvalue weighted by atomic mass is 16.5. The van der Waals surface area contributed by atoms with E-state index in [-0.39, 0.29) is 11.9 Å². The van der Waals surface area contributed by atoms with Gasteiger partial charge in [0.1, 0.15) is 6.61 Å². The first-order valence-electron chi connectivity index (χ1n) is 6.29. The molecular weight excluding hydrogens is 260 g/mol. The molecular formula is C12H14N6O2. The second-order valence-corrected chi connectivity index (χ2v) is 4.42. The van der Waals surface area contributed by atoms with E-state index in [1.807, 2.05) is 12.1 Å². The molecule has 3 N–H and O–H groups in total. The molecule has 0 fully saturated rings. The third-order valence-corrected chi connectivity index (χ3v) is 3.02. The van der Waals surface area contributed by atoms with Crippen LogP contribution in [0.5, 0.6) is 5.75 Å². The Balaban J connectivity index is 1.81. The summed E-state index contributed by atoms with van der Waals surface area (Å²) in [5.74, 6) is 0.779. The van der Waals surface area contributed by atoms with Crippen LogP contribution in [0.1, 0.15) is 29.1 Å². The van der Waals surface area contributed by atoms with E-state index in [9.17, 15) is 4.79 Å². The number of carbonyl (C=O) groups excluding carboxylic acids is 1. The first kappa shape index (κ1) is 12.4. The fourth-order valence-electron chi connectivity index (χ4n) is 2.04. The van der Waals surface area contributed by atoms with Gasteiger partial charge >= 0.3 is 0 Å². The van der Waals surface area contributed by atoms with Crippen LogP contribution in [0.4, 0.5) is 5.69 Å². The number of anilines is 1. The van der Waals surface area contributed by atoms with Crippen molar-refractivity contribution in [3.63, 3.8) is 0 Å². The number of aromatic amines is 1. The number of carbonyl (C=O) groups is 1. The van der Waals surface area contributed by atoms with Gasteiger partial charge in [-0.25, -0.2) is 0 Å². The average Bonchev–Trinajstić information content (AvgIpc) is 3.01. The minimum absolute atomic E-state index is 0.233. The predicted molar refractivity (Wildman–Crippen MR) is 70.5 cm³/mol. The Morgan fingerprint density at radius 2 is 2.40 bits per heavy atom. The lowest BCUT2D eigenvalue weighted by molar-refractivity contribution is 0.0934. The van der Waals surface area contributed by atoms with Gasteiger partial charge in [0.05, 0.1) is 17.3 Å². The lowest BCUT2D eigenvalue weighted by Crippen LogP contribution is -2.29. The van der Waals surface area contributed by atoms with Gasteiger partial charge in [0.15, 0.2) is 11.6 Å². The van der Waals surface area contributed by atoms with Crippen LogP contribution in [0.3, 0.4) is 0 Å². The smallest absolute Gasteiger partial charge is 0.255 e. The molecule has 1 atom stereocenters. The van der Waals surface area contributed by atoms with E-state index in [1.165, 1.54) is 0 Å². The highest BCUT2D eigenvalue weighted by Crippen LogP contribution is 2.31. The molecule has 2 heterocycles. The number of H-pyrrole nitrogens is 1. The lowest BCUT2D eigenvalue weighted by Gasteiger charge is -2.21. The van der Waals surface area contributed by atoms with E-state index in [0.29, 0.717) is 23.7 Å². The fraction of sp³-hybridized carbons (Fsp3) is 0.333. The van der Waals surface area contributed by atoms with Gasteiger partial charge < -0.3 is 15.4 Å². The number of aromatic nitrogens is 4. The van der Waals surface area contributed by atoms with Crippen LogP contribution in [-0.2, 0) is 0 Å². The van der Waals surface area contributed by atoms with E-state index in [1.54, 1.807) is 13.0 Å². The Hall–Kier alpha value is -2.64. The molecule has 0 aliphatic carbocycles. The van der Waals surface area contributed by atoms with E-state index in [4.69, 9.17) is 4.74 Å². The van der Waals surface area contributed by atoms with Crippen molar-refractivity contribution in [2.45, 2.75) is 13.0 Å². The number of nitrogens with zero attached hydrogens (tertiary/aromatic N) is 3. The molecule has 2 aromatic rings. The number of benzene rings is 1. The summed E-state index contributed by atoms with van der Waals surface area (Å²) in [6.07, 6.45) is 0. The first-order chi connectivity index (χ1) is 9.75. The van der Waals surface area contributed by atoms with Gasteiger partial charge in [-0.15, -0.1) is 10.2 Å². The zero-order chi connectivity index (χ0) is 13.9. The summed E-state index contributed by atoms with van der Waals surface area (Å²) in [4.78, 5) is 12.3. The number of hydrogen-bond donors (Lipinski definition) is 3. The molecule has 0 spiro atoms. The van der Waals surface area contributed by atoms with Crippen LogP contribution in [0.25, 0.3) is 0 Å². The minimum atomic E-state index is -0.339. The maximum atomic E-state index is 12.3. The van der Waals surface area contributed by atoms with Gasteiger partial charge in [0, 0.05) is 6.54 Å². The molecule has 3 rings (SSSR count). The number of tetrazole rings is 1. The van der Waals surface area contributed by atoms with Crippen LogP contribution >= 0.6 is 0 Å². The summed E-state index contributed by atoms with van der Waals surface area (Å²) in [5.41, 5.74) is 1.32. The summed E-state index contributed by atoms with van der Waals surface area (Å²) in [6, 6.07) is 5.08. The van der Waals surface area contributed by atoms with Crippen molar-refractivity contribution >= 4 is 11.6 Å². The topological polar surface area (TPSA) is 105 Å². The molecule has 1 aliphatic heterocycles. The summed E-state index contributed by atoms with van der Waals surface area (Å²) in [6.45, 7) is 3.06. The zero-order valence-electron chi connectivity index (χ0n) is 10.9. The van der Waals surface area contributed by atoms with Gasteiger partial charge in [-0.05, 0) is 19.1 Å². The zero-order valence-corrected chi connectivity index (χ0v) is 10.9. The average molecular weight is 274 g/mol. The molecule has 0 radical (unpaired) electrons. The minimum Gasteiger partial charge on any atom is -0.489 e. The van der Waals surface area contributed by atoms with Gasteiger partial charge in [-0.1, -0.05) is 11.3 Å². The third-order valence-electron chi connectivity index (χ3n) is 3.02. The number of rotatable bonds is 3. The van der Waals surface area contributed by atoms with E-state index in [0.717, 1.165) is 12.2 Å². The number of hydrogen-bond acceptors (Lipinski definition) is 6. The Morgan fingerprint density at radius 3 is 3.20 bits per heavy atom. The highest BCUT2D eigenvalue weighted by molar-refractivity contribution is 5.99. The maximum Gasteiger partial charge on any atom is 0.255 e. The fourth-order valence-corrected chi connectivity index (χ4v) is 2.04. The number of ether oxygens (including phenoxy) is 1. The van der Waals surface area contributed by atoms with Crippen LogP contribution in [0.15, 0.2) is 18.2 Å². The van der Waals surface area contributed by atoms with E-state index in [2.05, 4.69) is 31.3 Å². The third kappa shape index (κ3) is 2.27. The normalized spacial score (nSPS) is 14.7. The molecule has 1 aromatic carbocycles. The van der Waals surface area contributed by atoms with Crippen molar-refractivity contribution in [2.75, 3.05) is 18.5 Å². The lowest BCUT2D eigenvalue weighted by atomic mass is 10.1. The summed E-state index contributed by atoms with van der Waals surface area (Å²) < 4.78 is 5.57. The molecule has 104 valence electrons. The van der Waals surface area contributed by atoms with Crippen LogP contribution in [0.2, 0.25) is 0 Å². The number of nitrogens with one attached hydrogen (secondary N) is 3.